The zero-order valence-electron chi connectivity index (χ0n) is 10.7. The monoisotopic (exact) mass is 314 g/mol. The molecule has 0 bridgehead atoms. The summed E-state index contributed by atoms with van der Waals surface area (Å²) in [6.07, 6.45) is 5.69. The number of aromatic amines is 1. The fourth-order valence-corrected chi connectivity index (χ4v) is 2.89. The number of nitrogens with zero attached hydrogens (tertiary/aromatic N) is 1. The summed E-state index contributed by atoms with van der Waals surface area (Å²) in [6, 6.07) is 0. The molecule has 0 radical (unpaired) electrons. The molecule has 1 aromatic rings. The molecule has 0 unspecified atom stereocenters. The summed E-state index contributed by atoms with van der Waals surface area (Å²) in [5.74, 6) is 1.06. The van der Waals surface area contributed by atoms with Crippen LogP contribution in [-0.4, -0.2) is 16.6 Å². The van der Waals surface area contributed by atoms with Gasteiger partial charge in [0, 0.05) is 12.5 Å². The van der Waals surface area contributed by atoms with Gasteiger partial charge in [0.2, 0.25) is 0 Å². The predicted molar refractivity (Wildman–Crippen MR) is 73.7 cm³/mol. The van der Waals surface area contributed by atoms with Gasteiger partial charge in [-0.15, -0.1) is 0 Å². The molecule has 18 heavy (non-hydrogen) atoms. The normalized spacial score (nSPS) is 16.3. The van der Waals surface area contributed by atoms with Crippen molar-refractivity contribution >= 4 is 15.9 Å². The zero-order chi connectivity index (χ0) is 13.0. The molecule has 1 fully saturated rings. The Morgan fingerprint density at radius 3 is 2.83 bits per heavy atom. The van der Waals surface area contributed by atoms with Crippen molar-refractivity contribution in [3.05, 3.63) is 26.3 Å². The van der Waals surface area contributed by atoms with E-state index < -0.39 is 0 Å². The third kappa shape index (κ3) is 3.20. The van der Waals surface area contributed by atoms with Crippen molar-refractivity contribution in [3.8, 4) is 0 Å². The van der Waals surface area contributed by atoms with Gasteiger partial charge in [0.05, 0.1) is 5.69 Å². The van der Waals surface area contributed by atoms with Gasteiger partial charge in [-0.2, -0.15) is 0 Å². The number of nitrogens with one attached hydrogen (secondary N) is 1. The molecule has 4 nitrogen and oxygen atoms in total. The minimum Gasteiger partial charge on any atom is -0.374 e. The van der Waals surface area contributed by atoms with E-state index in [2.05, 4.69) is 32.8 Å². The van der Waals surface area contributed by atoms with Gasteiger partial charge in [0.1, 0.15) is 16.9 Å². The topological polar surface area (TPSA) is 55.0 Å². The van der Waals surface area contributed by atoms with Crippen LogP contribution in [-0.2, 0) is 11.3 Å². The van der Waals surface area contributed by atoms with Crippen molar-refractivity contribution < 1.29 is 4.74 Å². The Kier molecular flexibility index (Phi) is 4.95. The van der Waals surface area contributed by atoms with Crippen LogP contribution in [0.25, 0.3) is 0 Å². The molecule has 1 aromatic heterocycles. The molecule has 0 spiro atoms. The standard InChI is InChI=1S/C13H19BrN2O2/c1-2-7-18-8-10-15-12(9-5-3-4-6-9)11(14)13(17)16-10/h9H,2-8H2,1H3,(H,15,16,17). The lowest BCUT2D eigenvalue weighted by molar-refractivity contribution is 0.115. The van der Waals surface area contributed by atoms with Crippen LogP contribution in [0.4, 0.5) is 0 Å². The number of hydrogen-bond acceptors (Lipinski definition) is 3. The Balaban J connectivity index is 2.19. The lowest BCUT2D eigenvalue weighted by Gasteiger charge is -2.12. The molecule has 0 aromatic carbocycles. The van der Waals surface area contributed by atoms with Crippen LogP contribution in [0.3, 0.4) is 0 Å². The predicted octanol–water partition coefficient (Wildman–Crippen LogP) is 3.12. The molecule has 0 atom stereocenters. The average Bonchev–Trinajstić information content (AvgIpc) is 2.87. The molecule has 2 rings (SSSR count). The molecule has 0 amide bonds. The highest BCUT2D eigenvalue weighted by molar-refractivity contribution is 9.10. The van der Waals surface area contributed by atoms with Gasteiger partial charge in [-0.25, -0.2) is 4.98 Å². The maximum Gasteiger partial charge on any atom is 0.265 e. The smallest absolute Gasteiger partial charge is 0.265 e. The SMILES string of the molecule is CCCOCc1nc(C2CCCC2)c(Br)c(=O)[nH]1. The van der Waals surface area contributed by atoms with Crippen molar-refractivity contribution in [3.63, 3.8) is 0 Å². The van der Waals surface area contributed by atoms with Crippen molar-refractivity contribution in [2.75, 3.05) is 6.61 Å². The summed E-state index contributed by atoms with van der Waals surface area (Å²) in [4.78, 5) is 19.2. The first-order chi connectivity index (χ1) is 8.72. The molecule has 1 saturated carbocycles. The summed E-state index contributed by atoms with van der Waals surface area (Å²) in [5, 5.41) is 0. The Bertz CT molecular complexity index is 453. The third-order valence-electron chi connectivity index (χ3n) is 3.27. The van der Waals surface area contributed by atoms with E-state index in [1.807, 2.05) is 0 Å². The van der Waals surface area contributed by atoms with Crippen molar-refractivity contribution in [2.24, 2.45) is 0 Å². The molecule has 1 N–H and O–H groups in total. The highest BCUT2D eigenvalue weighted by atomic mass is 79.9. The molecular weight excluding hydrogens is 296 g/mol. The van der Waals surface area contributed by atoms with Gasteiger partial charge < -0.3 is 9.72 Å². The van der Waals surface area contributed by atoms with Crippen molar-refractivity contribution in [1.82, 2.24) is 9.97 Å². The van der Waals surface area contributed by atoms with Crippen LogP contribution in [0.1, 0.15) is 56.5 Å². The van der Waals surface area contributed by atoms with E-state index in [1.54, 1.807) is 0 Å². The van der Waals surface area contributed by atoms with Crippen LogP contribution in [0.2, 0.25) is 0 Å². The summed E-state index contributed by atoms with van der Waals surface area (Å²) >= 11 is 3.36. The largest absolute Gasteiger partial charge is 0.374 e. The van der Waals surface area contributed by atoms with Crippen LogP contribution < -0.4 is 5.56 Å². The highest BCUT2D eigenvalue weighted by Gasteiger charge is 2.22. The minimum atomic E-state index is -0.0954. The lowest BCUT2D eigenvalue weighted by Crippen LogP contribution is -2.17. The second-order valence-electron chi connectivity index (χ2n) is 4.75. The Hall–Kier alpha value is -0.680. The first-order valence-corrected chi connectivity index (χ1v) is 7.38. The van der Waals surface area contributed by atoms with E-state index in [-0.39, 0.29) is 5.56 Å². The van der Waals surface area contributed by atoms with E-state index in [0.717, 1.165) is 25.0 Å². The van der Waals surface area contributed by atoms with E-state index in [9.17, 15) is 4.79 Å². The van der Waals surface area contributed by atoms with Crippen LogP contribution in [0, 0.1) is 0 Å². The van der Waals surface area contributed by atoms with Gasteiger partial charge in [-0.3, -0.25) is 4.79 Å². The van der Waals surface area contributed by atoms with Gasteiger partial charge in [-0.1, -0.05) is 19.8 Å². The van der Waals surface area contributed by atoms with E-state index >= 15 is 0 Å². The highest BCUT2D eigenvalue weighted by Crippen LogP contribution is 2.35. The molecule has 0 aliphatic heterocycles. The first kappa shape index (κ1) is 13.7. The van der Waals surface area contributed by atoms with E-state index in [4.69, 9.17) is 4.74 Å². The second-order valence-corrected chi connectivity index (χ2v) is 5.54. The Morgan fingerprint density at radius 1 is 1.44 bits per heavy atom. The van der Waals surface area contributed by atoms with Gasteiger partial charge in [0.25, 0.3) is 5.56 Å². The third-order valence-corrected chi connectivity index (χ3v) is 4.03. The Labute approximate surface area is 115 Å². The van der Waals surface area contributed by atoms with Crippen molar-refractivity contribution in [2.45, 2.75) is 51.6 Å². The molecular formula is C13H19BrN2O2. The molecule has 5 heteroatoms. The average molecular weight is 315 g/mol. The number of H-pyrrole nitrogens is 1. The minimum absolute atomic E-state index is 0.0954. The summed E-state index contributed by atoms with van der Waals surface area (Å²) in [5.41, 5.74) is 0.813. The lowest BCUT2D eigenvalue weighted by atomic mass is 10.0. The van der Waals surface area contributed by atoms with Gasteiger partial charge in [-0.05, 0) is 35.2 Å². The maximum absolute atomic E-state index is 11.9. The number of rotatable bonds is 5. The van der Waals surface area contributed by atoms with Gasteiger partial charge >= 0.3 is 0 Å². The molecule has 1 aliphatic carbocycles. The Morgan fingerprint density at radius 2 is 2.17 bits per heavy atom. The molecule has 1 heterocycles. The number of halogens is 1. The first-order valence-electron chi connectivity index (χ1n) is 6.58. The molecule has 1 aliphatic rings. The molecule has 100 valence electrons. The number of hydrogen-bond donors (Lipinski definition) is 1. The molecule has 0 saturated heterocycles. The summed E-state index contributed by atoms with van der Waals surface area (Å²) in [7, 11) is 0. The summed E-state index contributed by atoms with van der Waals surface area (Å²) in [6.45, 7) is 3.14. The van der Waals surface area contributed by atoms with Crippen molar-refractivity contribution in [1.29, 1.82) is 0 Å². The van der Waals surface area contributed by atoms with E-state index in [1.165, 1.54) is 12.8 Å². The number of ether oxygens (including phenoxy) is 1. The summed E-state index contributed by atoms with van der Waals surface area (Å²) < 4.78 is 6.02. The fraction of sp³-hybridized carbons (Fsp3) is 0.692. The van der Waals surface area contributed by atoms with Crippen LogP contribution in [0.15, 0.2) is 9.27 Å². The van der Waals surface area contributed by atoms with Crippen LogP contribution >= 0.6 is 15.9 Å². The fourth-order valence-electron chi connectivity index (χ4n) is 2.38. The quantitative estimate of drug-likeness (QED) is 0.850. The second kappa shape index (κ2) is 6.48. The van der Waals surface area contributed by atoms with Gasteiger partial charge in [0.15, 0.2) is 0 Å². The van der Waals surface area contributed by atoms with E-state index in [0.29, 0.717) is 29.4 Å². The maximum atomic E-state index is 11.9. The zero-order valence-corrected chi connectivity index (χ0v) is 12.3. The number of aromatic nitrogens is 2. The van der Waals surface area contributed by atoms with Crippen LogP contribution in [0.5, 0.6) is 0 Å².